The number of benzene rings is 2. The fraction of sp³-hybridized carbons (Fsp3) is 0.357. The van der Waals surface area contributed by atoms with Crippen LogP contribution in [0, 0.1) is 0 Å². The van der Waals surface area contributed by atoms with E-state index in [9.17, 15) is 9.90 Å². The van der Waals surface area contributed by atoms with Crippen molar-refractivity contribution in [3.8, 4) is 5.75 Å². The van der Waals surface area contributed by atoms with E-state index >= 15 is 0 Å². The molecule has 4 rings (SSSR count). The van der Waals surface area contributed by atoms with Crippen LogP contribution in [0.3, 0.4) is 0 Å². The summed E-state index contributed by atoms with van der Waals surface area (Å²) < 4.78 is 11.9. The summed E-state index contributed by atoms with van der Waals surface area (Å²) in [5.74, 6) is 0.538. The number of nitrogens with one attached hydrogen (secondary N) is 1. The van der Waals surface area contributed by atoms with Crippen molar-refractivity contribution in [1.29, 1.82) is 0 Å². The van der Waals surface area contributed by atoms with Crippen molar-refractivity contribution in [3.63, 3.8) is 0 Å². The van der Waals surface area contributed by atoms with E-state index in [4.69, 9.17) is 9.47 Å². The Bertz CT molecular complexity index is 1110. The zero-order valence-corrected chi connectivity index (χ0v) is 20.2. The van der Waals surface area contributed by atoms with Crippen LogP contribution in [-0.4, -0.2) is 59.9 Å². The third-order valence-electron chi connectivity index (χ3n) is 5.92. The van der Waals surface area contributed by atoms with Crippen molar-refractivity contribution in [2.45, 2.75) is 32.5 Å². The minimum atomic E-state index is -0.310. The van der Waals surface area contributed by atoms with Gasteiger partial charge in [-0.3, -0.25) is 14.7 Å². The maximum absolute atomic E-state index is 12.6. The maximum Gasteiger partial charge on any atom is 0.251 e. The Kier molecular flexibility index (Phi) is 8.84. The number of carbonyl (C=O) groups excluding carboxylic acids is 1. The zero-order valence-electron chi connectivity index (χ0n) is 20.2. The monoisotopic (exact) mass is 475 g/mol. The quantitative estimate of drug-likeness (QED) is 0.590. The summed E-state index contributed by atoms with van der Waals surface area (Å²) in [5, 5.41) is 12.1. The van der Waals surface area contributed by atoms with Gasteiger partial charge in [0.25, 0.3) is 5.91 Å². The van der Waals surface area contributed by atoms with Gasteiger partial charge in [0.15, 0.2) is 0 Å². The Balaban J connectivity index is 1.57. The van der Waals surface area contributed by atoms with Crippen molar-refractivity contribution in [1.82, 2.24) is 15.2 Å². The number of aromatic nitrogens is 1. The molecule has 7 nitrogen and oxygen atoms in total. The highest BCUT2D eigenvalue weighted by molar-refractivity contribution is 5.94. The van der Waals surface area contributed by atoms with Gasteiger partial charge in [-0.05, 0) is 53.9 Å². The molecule has 1 aliphatic heterocycles. The van der Waals surface area contributed by atoms with E-state index in [2.05, 4.69) is 39.5 Å². The Morgan fingerprint density at radius 1 is 1.09 bits per heavy atom. The number of hydrogen-bond donors (Lipinski definition) is 2. The molecule has 1 aliphatic rings. The average molecular weight is 476 g/mol. The lowest BCUT2D eigenvalue weighted by Crippen LogP contribution is -2.35. The van der Waals surface area contributed by atoms with Crippen LogP contribution in [0.5, 0.6) is 5.75 Å². The molecule has 1 atom stereocenters. The van der Waals surface area contributed by atoms with Gasteiger partial charge < -0.3 is 19.9 Å². The fourth-order valence-electron chi connectivity index (χ4n) is 4.11. The van der Waals surface area contributed by atoms with Crippen molar-refractivity contribution < 1.29 is 19.4 Å². The fourth-order valence-corrected chi connectivity index (χ4v) is 4.11. The lowest BCUT2D eigenvalue weighted by molar-refractivity contribution is 0.0754. The molecule has 7 heteroatoms. The number of ether oxygens (including phenoxy) is 2. The number of fused-ring (bicyclic) bond motifs is 3. The Hall–Kier alpha value is -3.26. The van der Waals surface area contributed by atoms with E-state index in [1.807, 2.05) is 36.5 Å². The van der Waals surface area contributed by atoms with E-state index in [0.29, 0.717) is 31.8 Å². The molecule has 0 fully saturated rings. The summed E-state index contributed by atoms with van der Waals surface area (Å²) >= 11 is 0. The predicted molar refractivity (Wildman–Crippen MR) is 134 cm³/mol. The highest BCUT2D eigenvalue weighted by Gasteiger charge is 2.15. The Morgan fingerprint density at radius 3 is 2.80 bits per heavy atom. The van der Waals surface area contributed by atoms with Gasteiger partial charge in [0.2, 0.25) is 0 Å². The van der Waals surface area contributed by atoms with Gasteiger partial charge in [-0.15, -0.1) is 0 Å². The summed E-state index contributed by atoms with van der Waals surface area (Å²) in [6.45, 7) is 5.51. The second-order valence-corrected chi connectivity index (χ2v) is 8.87. The first-order valence-electron chi connectivity index (χ1n) is 12.1. The summed E-state index contributed by atoms with van der Waals surface area (Å²) in [6.07, 6.45) is 2.46. The first kappa shape index (κ1) is 24.9. The Morgan fingerprint density at radius 2 is 1.97 bits per heavy atom. The van der Waals surface area contributed by atoms with Crippen molar-refractivity contribution in [3.05, 3.63) is 94.8 Å². The van der Waals surface area contributed by atoms with Crippen LogP contribution in [0.25, 0.3) is 0 Å². The number of carbonyl (C=O) groups is 1. The van der Waals surface area contributed by atoms with Gasteiger partial charge in [0.05, 0.1) is 25.5 Å². The number of aliphatic hydroxyl groups is 1. The van der Waals surface area contributed by atoms with Crippen LogP contribution >= 0.6 is 0 Å². The van der Waals surface area contributed by atoms with E-state index < -0.39 is 0 Å². The highest BCUT2D eigenvalue weighted by Crippen LogP contribution is 2.25. The first-order valence-corrected chi connectivity index (χ1v) is 12.1. The number of pyridine rings is 1. The lowest BCUT2D eigenvalue weighted by Gasteiger charge is -2.23. The number of nitrogens with zero attached hydrogens (tertiary/aromatic N) is 2. The molecule has 1 amide bonds. The molecule has 0 saturated carbocycles. The van der Waals surface area contributed by atoms with Crippen molar-refractivity contribution in [2.75, 3.05) is 33.0 Å². The van der Waals surface area contributed by atoms with E-state index in [1.54, 1.807) is 13.0 Å². The van der Waals surface area contributed by atoms with Gasteiger partial charge >= 0.3 is 0 Å². The molecule has 2 bridgehead atoms. The molecule has 2 aromatic carbocycles. The predicted octanol–water partition coefficient (Wildman–Crippen LogP) is 3.19. The lowest BCUT2D eigenvalue weighted by atomic mass is 9.99. The van der Waals surface area contributed by atoms with Crippen LogP contribution in [0.4, 0.5) is 0 Å². The minimum absolute atomic E-state index is 0.107. The topological polar surface area (TPSA) is 83.9 Å². The molecule has 1 aromatic heterocycles. The van der Waals surface area contributed by atoms with E-state index in [-0.39, 0.29) is 18.6 Å². The zero-order chi connectivity index (χ0) is 24.5. The van der Waals surface area contributed by atoms with Crippen molar-refractivity contribution in [2.24, 2.45) is 0 Å². The van der Waals surface area contributed by atoms with Crippen molar-refractivity contribution >= 4 is 5.91 Å². The third kappa shape index (κ3) is 7.36. The standard InChI is InChI=1S/C28H33N3O4/c1-21(20-32)30-28(33)24-8-9-27-25(17-24)16-22-5-4-6-23(15-22)18-31(11-12-34-13-14-35-27)19-26-7-2-3-10-29-26/h2-10,15,17,21,32H,11-14,16,18-20H2,1H3,(H,30,33)/t21-/m0/s1. The van der Waals surface area contributed by atoms with Gasteiger partial charge in [0, 0.05) is 43.9 Å². The van der Waals surface area contributed by atoms with Gasteiger partial charge in [-0.25, -0.2) is 0 Å². The smallest absolute Gasteiger partial charge is 0.251 e. The van der Waals surface area contributed by atoms with Crippen LogP contribution in [0.15, 0.2) is 66.9 Å². The molecular weight excluding hydrogens is 442 g/mol. The molecule has 0 spiro atoms. The maximum atomic E-state index is 12.6. The van der Waals surface area contributed by atoms with Gasteiger partial charge in [0.1, 0.15) is 12.4 Å². The van der Waals surface area contributed by atoms with Crippen LogP contribution in [0.1, 0.15) is 39.7 Å². The van der Waals surface area contributed by atoms with Gasteiger partial charge in [-0.2, -0.15) is 0 Å². The molecule has 2 heterocycles. The minimum Gasteiger partial charge on any atom is -0.491 e. The van der Waals surface area contributed by atoms with Crippen LogP contribution < -0.4 is 10.1 Å². The van der Waals surface area contributed by atoms with Crippen LogP contribution in [0.2, 0.25) is 0 Å². The molecule has 0 saturated heterocycles. The molecule has 0 radical (unpaired) electrons. The molecule has 3 aromatic rings. The van der Waals surface area contributed by atoms with E-state index in [0.717, 1.165) is 42.2 Å². The summed E-state index contributed by atoms with van der Waals surface area (Å²) in [5.41, 5.74) is 4.88. The Labute approximate surface area is 206 Å². The summed E-state index contributed by atoms with van der Waals surface area (Å²) in [4.78, 5) is 19.5. The molecule has 0 unspecified atom stereocenters. The largest absolute Gasteiger partial charge is 0.491 e. The van der Waals surface area contributed by atoms with Gasteiger partial charge in [-0.1, -0.05) is 30.3 Å². The highest BCUT2D eigenvalue weighted by atomic mass is 16.5. The number of hydrogen-bond acceptors (Lipinski definition) is 6. The van der Waals surface area contributed by atoms with Crippen LogP contribution in [-0.2, 0) is 24.2 Å². The average Bonchev–Trinajstić information content (AvgIpc) is 2.87. The molecular formula is C28H33N3O4. The first-order chi connectivity index (χ1) is 17.1. The molecule has 0 aliphatic carbocycles. The number of aliphatic hydroxyl groups excluding tert-OH is 1. The van der Waals surface area contributed by atoms with E-state index in [1.165, 1.54) is 5.56 Å². The number of rotatable bonds is 5. The second kappa shape index (κ2) is 12.4. The molecule has 35 heavy (non-hydrogen) atoms. The second-order valence-electron chi connectivity index (χ2n) is 8.87. The molecule has 2 N–H and O–H groups in total. The number of amides is 1. The normalized spacial score (nSPS) is 15.8. The molecule has 184 valence electrons. The third-order valence-corrected chi connectivity index (χ3v) is 5.92. The SMILES string of the molecule is C[C@@H](CO)NC(=O)c1ccc2c(c1)Cc1cccc(c1)CN(Cc1ccccn1)CCOCCO2. The summed E-state index contributed by atoms with van der Waals surface area (Å²) in [6, 6.07) is 19.7. The summed E-state index contributed by atoms with van der Waals surface area (Å²) in [7, 11) is 0.